The van der Waals surface area contributed by atoms with E-state index < -0.39 is 17.8 Å². The highest BCUT2D eigenvalue weighted by atomic mass is 35.5. The highest BCUT2D eigenvalue weighted by Gasteiger charge is 2.32. The maximum absolute atomic E-state index is 13.1. The fraction of sp³-hybridized carbons (Fsp3) is 0.333. The second-order valence-electron chi connectivity index (χ2n) is 6.91. The number of nitrogens with one attached hydrogen (secondary N) is 1. The molecule has 0 bridgehead atoms. The third-order valence-corrected chi connectivity index (χ3v) is 6.24. The van der Waals surface area contributed by atoms with Crippen molar-refractivity contribution in [1.82, 2.24) is 10.2 Å². The summed E-state index contributed by atoms with van der Waals surface area (Å²) < 4.78 is 39.4. The number of nitrogens with zero attached hydrogens (tertiary/aromatic N) is 1. The van der Waals surface area contributed by atoms with Gasteiger partial charge >= 0.3 is 6.18 Å². The molecule has 1 N–H and O–H groups in total. The van der Waals surface area contributed by atoms with E-state index in [0.29, 0.717) is 30.0 Å². The van der Waals surface area contributed by atoms with Crippen molar-refractivity contribution in [3.8, 4) is 0 Å². The fourth-order valence-electron chi connectivity index (χ4n) is 3.22. The SMILES string of the molecule is O=C(CSc1ccccc1Cl)N[C@@H](CN1CCCC1=O)c1cccc(C(F)(F)F)c1. The number of alkyl halides is 3. The van der Waals surface area contributed by atoms with E-state index in [1.807, 2.05) is 0 Å². The van der Waals surface area contributed by atoms with Gasteiger partial charge in [0.2, 0.25) is 11.8 Å². The lowest BCUT2D eigenvalue weighted by molar-refractivity contribution is -0.137. The zero-order valence-electron chi connectivity index (χ0n) is 15.9. The Balaban J connectivity index is 1.75. The lowest BCUT2D eigenvalue weighted by Gasteiger charge is -2.26. The van der Waals surface area contributed by atoms with E-state index in [0.717, 1.165) is 17.0 Å². The molecule has 1 atom stereocenters. The van der Waals surface area contributed by atoms with Gasteiger partial charge < -0.3 is 10.2 Å². The van der Waals surface area contributed by atoms with E-state index in [1.165, 1.54) is 23.9 Å². The van der Waals surface area contributed by atoms with Gasteiger partial charge in [-0.3, -0.25) is 9.59 Å². The topological polar surface area (TPSA) is 49.4 Å². The Morgan fingerprint density at radius 2 is 1.97 bits per heavy atom. The number of hydrogen-bond donors (Lipinski definition) is 1. The van der Waals surface area contributed by atoms with Crippen LogP contribution in [0.2, 0.25) is 5.02 Å². The molecule has 3 rings (SSSR count). The fourth-order valence-corrected chi connectivity index (χ4v) is 4.27. The summed E-state index contributed by atoms with van der Waals surface area (Å²) in [6.45, 7) is 0.654. The number of thioether (sulfide) groups is 1. The molecule has 0 aromatic heterocycles. The molecule has 2 aromatic carbocycles. The number of carbonyl (C=O) groups excluding carboxylic acids is 2. The first-order valence-electron chi connectivity index (χ1n) is 9.35. The molecule has 1 saturated heterocycles. The monoisotopic (exact) mass is 456 g/mol. The number of halogens is 4. The van der Waals surface area contributed by atoms with E-state index in [2.05, 4.69) is 5.32 Å². The van der Waals surface area contributed by atoms with E-state index in [4.69, 9.17) is 11.6 Å². The van der Waals surface area contributed by atoms with Crippen molar-refractivity contribution in [1.29, 1.82) is 0 Å². The Hall–Kier alpha value is -2.19. The minimum Gasteiger partial charge on any atom is -0.347 e. The van der Waals surface area contributed by atoms with Crippen molar-refractivity contribution < 1.29 is 22.8 Å². The molecule has 1 aliphatic rings. The summed E-state index contributed by atoms with van der Waals surface area (Å²) in [5.74, 6) is -0.367. The van der Waals surface area contributed by atoms with Crippen LogP contribution in [0.1, 0.15) is 30.0 Å². The Labute approximate surface area is 181 Å². The van der Waals surface area contributed by atoms with Crippen molar-refractivity contribution >= 4 is 35.2 Å². The van der Waals surface area contributed by atoms with Crippen molar-refractivity contribution in [2.75, 3.05) is 18.8 Å². The minimum absolute atomic E-state index is 0.0488. The normalized spacial score (nSPS) is 15.3. The first-order valence-corrected chi connectivity index (χ1v) is 10.7. The molecule has 0 spiro atoms. The van der Waals surface area contributed by atoms with Gasteiger partial charge in [0.15, 0.2) is 0 Å². The number of hydrogen-bond acceptors (Lipinski definition) is 3. The molecule has 0 aliphatic carbocycles. The van der Waals surface area contributed by atoms with Crippen LogP contribution in [-0.4, -0.2) is 35.6 Å². The lowest BCUT2D eigenvalue weighted by Crippen LogP contribution is -2.39. The van der Waals surface area contributed by atoms with Crippen LogP contribution in [0.15, 0.2) is 53.4 Å². The molecule has 2 amide bonds. The lowest BCUT2D eigenvalue weighted by atomic mass is 10.0. The van der Waals surface area contributed by atoms with Crippen LogP contribution in [0, 0.1) is 0 Å². The molecule has 1 aliphatic heterocycles. The molecular formula is C21H20ClF3N2O2S. The molecule has 1 heterocycles. The number of likely N-dealkylation sites (tertiary alicyclic amines) is 1. The van der Waals surface area contributed by atoms with Crippen LogP contribution >= 0.6 is 23.4 Å². The van der Waals surface area contributed by atoms with E-state index in [1.54, 1.807) is 29.2 Å². The molecule has 4 nitrogen and oxygen atoms in total. The molecule has 1 fully saturated rings. The van der Waals surface area contributed by atoms with Crippen molar-refractivity contribution in [2.45, 2.75) is 30.0 Å². The molecule has 0 unspecified atom stereocenters. The Morgan fingerprint density at radius 1 is 1.20 bits per heavy atom. The molecule has 2 aromatic rings. The quantitative estimate of drug-likeness (QED) is 0.601. The second-order valence-corrected chi connectivity index (χ2v) is 8.33. The molecule has 160 valence electrons. The van der Waals surface area contributed by atoms with E-state index in [9.17, 15) is 22.8 Å². The molecule has 30 heavy (non-hydrogen) atoms. The largest absolute Gasteiger partial charge is 0.416 e. The first-order chi connectivity index (χ1) is 14.2. The summed E-state index contributed by atoms with van der Waals surface area (Å²) in [5.41, 5.74) is -0.488. The Kier molecular flexibility index (Phi) is 7.31. The van der Waals surface area contributed by atoms with Crippen LogP contribution in [0.4, 0.5) is 13.2 Å². The highest BCUT2D eigenvalue weighted by Crippen LogP contribution is 2.31. The maximum Gasteiger partial charge on any atom is 0.416 e. The van der Waals surface area contributed by atoms with Crippen LogP contribution in [-0.2, 0) is 15.8 Å². The predicted molar refractivity (Wildman–Crippen MR) is 110 cm³/mol. The Bertz CT molecular complexity index is 923. The van der Waals surface area contributed by atoms with Gasteiger partial charge in [0, 0.05) is 24.4 Å². The molecular weight excluding hydrogens is 437 g/mol. The standard InChI is InChI=1S/C21H20ClF3N2O2S/c22-16-7-1-2-8-18(16)30-13-19(28)26-17(12-27-10-4-9-20(27)29)14-5-3-6-15(11-14)21(23,24)25/h1-3,5-8,11,17H,4,9-10,12-13H2,(H,26,28)/t17-/m0/s1. The van der Waals surface area contributed by atoms with Gasteiger partial charge in [0.25, 0.3) is 0 Å². The zero-order valence-corrected chi connectivity index (χ0v) is 17.5. The average molecular weight is 457 g/mol. The van der Waals surface area contributed by atoms with Gasteiger partial charge in [-0.1, -0.05) is 35.9 Å². The van der Waals surface area contributed by atoms with Crippen molar-refractivity contribution in [3.05, 3.63) is 64.7 Å². The van der Waals surface area contributed by atoms with Gasteiger partial charge in [-0.2, -0.15) is 13.2 Å². The molecule has 9 heteroatoms. The van der Waals surface area contributed by atoms with Gasteiger partial charge in [0.1, 0.15) is 0 Å². The third-order valence-electron chi connectivity index (χ3n) is 4.72. The highest BCUT2D eigenvalue weighted by molar-refractivity contribution is 8.00. The molecule has 0 saturated carbocycles. The van der Waals surface area contributed by atoms with E-state index in [-0.39, 0.29) is 24.1 Å². The third kappa shape index (κ3) is 5.92. The van der Waals surface area contributed by atoms with Crippen molar-refractivity contribution in [3.63, 3.8) is 0 Å². The van der Waals surface area contributed by atoms with Gasteiger partial charge in [-0.15, -0.1) is 11.8 Å². The summed E-state index contributed by atoms with van der Waals surface area (Å²) in [7, 11) is 0. The summed E-state index contributed by atoms with van der Waals surface area (Å²) in [6.07, 6.45) is -3.38. The number of amides is 2. The summed E-state index contributed by atoms with van der Waals surface area (Å²) in [4.78, 5) is 26.9. The number of benzene rings is 2. The van der Waals surface area contributed by atoms with Gasteiger partial charge in [-0.25, -0.2) is 0 Å². The van der Waals surface area contributed by atoms with Gasteiger partial charge in [-0.05, 0) is 36.2 Å². The van der Waals surface area contributed by atoms with Crippen LogP contribution in [0.25, 0.3) is 0 Å². The second kappa shape index (κ2) is 9.75. The van der Waals surface area contributed by atoms with E-state index >= 15 is 0 Å². The van der Waals surface area contributed by atoms with Crippen molar-refractivity contribution in [2.24, 2.45) is 0 Å². The van der Waals surface area contributed by atoms with Crippen LogP contribution in [0.5, 0.6) is 0 Å². The number of carbonyl (C=O) groups is 2. The van der Waals surface area contributed by atoms with Crippen LogP contribution in [0.3, 0.4) is 0 Å². The zero-order chi connectivity index (χ0) is 21.7. The number of rotatable bonds is 7. The first kappa shape index (κ1) is 22.5. The minimum atomic E-state index is -4.49. The maximum atomic E-state index is 13.1. The molecule has 0 radical (unpaired) electrons. The Morgan fingerprint density at radius 3 is 2.63 bits per heavy atom. The van der Waals surface area contributed by atoms with Gasteiger partial charge in [0.05, 0.1) is 22.4 Å². The summed E-state index contributed by atoms with van der Waals surface area (Å²) in [5, 5.41) is 3.31. The summed E-state index contributed by atoms with van der Waals surface area (Å²) in [6, 6.07) is 11.2. The average Bonchev–Trinajstić information content (AvgIpc) is 3.11. The smallest absolute Gasteiger partial charge is 0.347 e. The predicted octanol–water partition coefficient (Wildman–Crippen LogP) is 4.93. The van der Waals surface area contributed by atoms with Crippen LogP contribution < -0.4 is 5.32 Å². The summed E-state index contributed by atoms with van der Waals surface area (Å²) >= 11 is 7.33.